The Morgan fingerprint density at radius 3 is 2.19 bits per heavy atom. The molecular weight excluding hydrogens is 451 g/mol. The number of hydrogen-bond donors (Lipinski definition) is 2. The van der Waals surface area contributed by atoms with Gasteiger partial charge in [0.2, 0.25) is 0 Å². The molecule has 2 aliphatic rings. The number of urea groups is 1. The molecule has 0 bridgehead atoms. The van der Waals surface area contributed by atoms with E-state index in [1.54, 1.807) is 12.1 Å². The topological polar surface area (TPSA) is 47.6 Å². The molecule has 5 nitrogen and oxygen atoms in total. The number of amides is 2. The Bertz CT molecular complexity index is 1150. The van der Waals surface area contributed by atoms with Crippen LogP contribution in [0.1, 0.15) is 38.2 Å². The number of anilines is 3. The molecular formula is C30H35FN4O. The lowest BCUT2D eigenvalue weighted by molar-refractivity contribution is 0.0299. The van der Waals surface area contributed by atoms with Gasteiger partial charge < -0.3 is 15.5 Å². The van der Waals surface area contributed by atoms with E-state index < -0.39 is 0 Å². The first-order valence-corrected chi connectivity index (χ1v) is 13.0. The second-order valence-corrected chi connectivity index (χ2v) is 10.2. The molecule has 36 heavy (non-hydrogen) atoms. The largest absolute Gasteiger partial charge is 0.369 e. The van der Waals surface area contributed by atoms with Crippen molar-refractivity contribution in [3.8, 4) is 0 Å². The molecule has 0 unspecified atom stereocenters. The molecule has 2 N–H and O–H groups in total. The van der Waals surface area contributed by atoms with Crippen LogP contribution >= 0.6 is 0 Å². The van der Waals surface area contributed by atoms with Gasteiger partial charge in [0.15, 0.2) is 0 Å². The highest BCUT2D eigenvalue weighted by Gasteiger charge is 2.42. The number of carbonyl (C=O) groups is 1. The molecule has 0 aromatic heterocycles. The predicted molar refractivity (Wildman–Crippen MR) is 145 cm³/mol. The smallest absolute Gasteiger partial charge is 0.323 e. The van der Waals surface area contributed by atoms with Crippen LogP contribution in [0.15, 0.2) is 78.9 Å². The quantitative estimate of drug-likeness (QED) is 0.422. The molecule has 2 fully saturated rings. The van der Waals surface area contributed by atoms with Gasteiger partial charge in [0.1, 0.15) is 5.82 Å². The second-order valence-electron chi connectivity index (χ2n) is 10.2. The summed E-state index contributed by atoms with van der Waals surface area (Å²) in [7, 11) is 0. The summed E-state index contributed by atoms with van der Waals surface area (Å²) < 4.78 is 13.2. The van der Waals surface area contributed by atoms with Crippen LogP contribution in [-0.2, 0) is 5.54 Å². The first-order valence-electron chi connectivity index (χ1n) is 13.0. The number of nitrogens with one attached hydrogen (secondary N) is 2. The van der Waals surface area contributed by atoms with Crippen molar-refractivity contribution in [2.45, 2.75) is 38.1 Å². The Labute approximate surface area is 213 Å². The summed E-state index contributed by atoms with van der Waals surface area (Å²) in [5, 5.41) is 5.75. The van der Waals surface area contributed by atoms with E-state index in [4.69, 9.17) is 0 Å². The van der Waals surface area contributed by atoms with Crippen molar-refractivity contribution in [2.24, 2.45) is 5.92 Å². The summed E-state index contributed by atoms with van der Waals surface area (Å²) in [5.74, 6) is 0.414. The lowest BCUT2D eigenvalue weighted by atomic mass is 9.71. The summed E-state index contributed by atoms with van der Waals surface area (Å²) in [6, 6.07) is 24.5. The number of hydrogen-bond acceptors (Lipinski definition) is 3. The summed E-state index contributed by atoms with van der Waals surface area (Å²) >= 11 is 0. The molecule has 6 heteroatoms. The minimum absolute atomic E-state index is 0.0135. The molecule has 1 aliphatic carbocycles. The Hall–Kier alpha value is -3.38. The zero-order chi connectivity index (χ0) is 25.0. The van der Waals surface area contributed by atoms with Gasteiger partial charge in [0.05, 0.1) is 0 Å². The predicted octanol–water partition coefficient (Wildman–Crippen LogP) is 6.70. The third kappa shape index (κ3) is 5.39. The Balaban J connectivity index is 1.32. The molecule has 188 valence electrons. The van der Waals surface area contributed by atoms with Gasteiger partial charge in [0.25, 0.3) is 0 Å². The van der Waals surface area contributed by atoms with Gasteiger partial charge in [-0.1, -0.05) is 37.3 Å². The number of para-hydroxylation sites is 1. The summed E-state index contributed by atoms with van der Waals surface area (Å²) in [4.78, 5) is 17.8. The van der Waals surface area contributed by atoms with Crippen molar-refractivity contribution in [1.29, 1.82) is 0 Å². The van der Waals surface area contributed by atoms with Crippen molar-refractivity contribution in [3.63, 3.8) is 0 Å². The second kappa shape index (κ2) is 10.7. The first-order chi connectivity index (χ1) is 17.5. The number of rotatable bonds is 5. The van der Waals surface area contributed by atoms with Crippen molar-refractivity contribution in [1.82, 2.24) is 4.90 Å². The molecule has 3 aromatic rings. The fourth-order valence-corrected chi connectivity index (χ4v) is 5.77. The molecule has 2 amide bonds. The highest BCUT2D eigenvalue weighted by atomic mass is 19.1. The third-order valence-electron chi connectivity index (χ3n) is 7.87. The van der Waals surface area contributed by atoms with Gasteiger partial charge in [-0.25, -0.2) is 9.18 Å². The fraction of sp³-hybridized carbons (Fsp3) is 0.367. The van der Waals surface area contributed by atoms with E-state index in [0.29, 0.717) is 5.69 Å². The molecule has 0 radical (unpaired) electrons. The van der Waals surface area contributed by atoms with Crippen molar-refractivity contribution < 1.29 is 9.18 Å². The minimum Gasteiger partial charge on any atom is -0.369 e. The van der Waals surface area contributed by atoms with Crippen LogP contribution in [0.5, 0.6) is 0 Å². The average Bonchev–Trinajstić information content (AvgIpc) is 2.91. The Morgan fingerprint density at radius 1 is 0.833 bits per heavy atom. The molecule has 3 aromatic carbocycles. The van der Waals surface area contributed by atoms with Crippen LogP contribution in [0, 0.1) is 11.7 Å². The number of carbonyl (C=O) groups excluding carboxylic acids is 1. The maximum atomic E-state index is 13.2. The van der Waals surface area contributed by atoms with E-state index in [9.17, 15) is 9.18 Å². The van der Waals surface area contributed by atoms with Crippen LogP contribution in [0.4, 0.5) is 26.2 Å². The molecule has 1 saturated heterocycles. The average molecular weight is 487 g/mol. The molecule has 1 aliphatic heterocycles. The zero-order valence-electron chi connectivity index (χ0n) is 20.9. The Kier molecular flexibility index (Phi) is 7.23. The standard InChI is InChI=1S/C30H35FN4O/c1-23-14-16-30(17-15-23,35-20-18-34(19-21-35)28-8-3-2-4-9-28)24-6-5-7-27(22-24)33-29(36)32-26-12-10-25(31)11-13-26/h2-13,22-23H,14-21H2,1H3,(H2,32,33,36). The number of nitrogens with zero attached hydrogens (tertiary/aromatic N) is 2. The molecule has 0 atom stereocenters. The van der Waals surface area contributed by atoms with E-state index >= 15 is 0 Å². The first kappa shape index (κ1) is 24.3. The zero-order valence-corrected chi connectivity index (χ0v) is 20.9. The normalized spacial score (nSPS) is 22.7. The van der Waals surface area contributed by atoms with E-state index in [1.807, 2.05) is 12.1 Å². The van der Waals surface area contributed by atoms with Gasteiger partial charge in [-0.3, -0.25) is 4.90 Å². The maximum Gasteiger partial charge on any atom is 0.323 e. The Morgan fingerprint density at radius 2 is 1.50 bits per heavy atom. The fourth-order valence-electron chi connectivity index (χ4n) is 5.77. The van der Waals surface area contributed by atoms with Crippen LogP contribution in [0.25, 0.3) is 0 Å². The summed E-state index contributed by atoms with van der Waals surface area (Å²) in [5.41, 5.74) is 3.89. The van der Waals surface area contributed by atoms with Gasteiger partial charge in [-0.15, -0.1) is 0 Å². The SMILES string of the molecule is CC1CCC(c2cccc(NC(=O)Nc3ccc(F)cc3)c2)(N2CCN(c3ccccc3)CC2)CC1. The minimum atomic E-state index is -0.332. The number of benzene rings is 3. The van der Waals surface area contributed by atoms with Gasteiger partial charge >= 0.3 is 6.03 Å². The molecule has 1 saturated carbocycles. The van der Waals surface area contributed by atoms with E-state index in [1.165, 1.54) is 36.2 Å². The van der Waals surface area contributed by atoms with Crippen molar-refractivity contribution in [3.05, 3.63) is 90.2 Å². The molecule has 0 spiro atoms. The van der Waals surface area contributed by atoms with Crippen LogP contribution in [-0.4, -0.2) is 37.1 Å². The highest BCUT2D eigenvalue weighted by molar-refractivity contribution is 5.99. The lowest BCUT2D eigenvalue weighted by Crippen LogP contribution is -2.56. The van der Waals surface area contributed by atoms with Gasteiger partial charge in [-0.2, -0.15) is 0 Å². The lowest BCUT2D eigenvalue weighted by Gasteiger charge is -2.51. The van der Waals surface area contributed by atoms with Crippen LogP contribution in [0.2, 0.25) is 0 Å². The van der Waals surface area contributed by atoms with E-state index in [-0.39, 0.29) is 17.4 Å². The van der Waals surface area contributed by atoms with E-state index in [0.717, 1.165) is 50.6 Å². The highest BCUT2D eigenvalue weighted by Crippen LogP contribution is 2.45. The number of piperazine rings is 1. The molecule has 1 heterocycles. The third-order valence-corrected chi connectivity index (χ3v) is 7.87. The van der Waals surface area contributed by atoms with Crippen molar-refractivity contribution in [2.75, 3.05) is 41.7 Å². The van der Waals surface area contributed by atoms with Gasteiger partial charge in [0, 0.05) is 48.8 Å². The number of halogens is 1. The van der Waals surface area contributed by atoms with Gasteiger partial charge in [-0.05, 0) is 85.7 Å². The maximum absolute atomic E-state index is 13.2. The molecule has 5 rings (SSSR count). The van der Waals surface area contributed by atoms with Crippen molar-refractivity contribution >= 4 is 23.1 Å². The summed E-state index contributed by atoms with van der Waals surface area (Å²) in [6.07, 6.45) is 4.68. The monoisotopic (exact) mass is 486 g/mol. The van der Waals surface area contributed by atoms with E-state index in [2.05, 4.69) is 69.8 Å². The van der Waals surface area contributed by atoms with Crippen LogP contribution in [0.3, 0.4) is 0 Å². The van der Waals surface area contributed by atoms with Crippen LogP contribution < -0.4 is 15.5 Å². The summed E-state index contributed by atoms with van der Waals surface area (Å²) in [6.45, 7) is 6.42.